The molecule has 0 spiro atoms. The molecule has 0 saturated carbocycles. The Hall–Kier alpha value is -1.37. The number of hydrogen-bond donors (Lipinski definition) is 2. The van der Waals surface area contributed by atoms with Gasteiger partial charge in [0.1, 0.15) is 5.82 Å². The fourth-order valence-electron chi connectivity index (χ4n) is 1.27. The second-order valence-corrected chi connectivity index (χ2v) is 3.36. The molecule has 1 aromatic carbocycles. The molecule has 0 fully saturated rings. The Bertz CT molecular complexity index is 566. The minimum Gasteiger partial charge on any atom is -0.331 e. The summed E-state index contributed by atoms with van der Waals surface area (Å²) in [5, 5.41) is 0. The highest BCUT2D eigenvalue weighted by atomic mass is 32.1. The minimum atomic E-state index is -4.70. The summed E-state index contributed by atoms with van der Waals surface area (Å²) in [6.07, 6.45) is -4.70. The summed E-state index contributed by atoms with van der Waals surface area (Å²) in [6.45, 7) is 0. The number of hydrogen-bond acceptors (Lipinski definition) is 1. The molecule has 0 aliphatic rings. The number of imidazole rings is 1. The molecule has 0 aliphatic carbocycles. The normalized spacial score (nSPS) is 12.3. The van der Waals surface area contributed by atoms with Crippen LogP contribution >= 0.6 is 12.2 Å². The number of aromatic amines is 2. The van der Waals surface area contributed by atoms with Crippen molar-refractivity contribution in [2.45, 2.75) is 6.18 Å². The molecule has 0 amide bonds. The summed E-state index contributed by atoms with van der Waals surface area (Å²) in [5.41, 5.74) is -0.959. The van der Waals surface area contributed by atoms with Crippen LogP contribution < -0.4 is 0 Å². The third-order valence-electron chi connectivity index (χ3n) is 1.91. The molecule has 0 atom stereocenters. The van der Waals surface area contributed by atoms with Gasteiger partial charge in [0.25, 0.3) is 0 Å². The van der Waals surface area contributed by atoms with Gasteiger partial charge in [-0.05, 0) is 18.3 Å². The molecule has 0 saturated heterocycles. The van der Waals surface area contributed by atoms with Gasteiger partial charge in [0, 0.05) is 6.07 Å². The first kappa shape index (κ1) is 10.2. The monoisotopic (exact) mass is 236 g/mol. The lowest BCUT2D eigenvalue weighted by Gasteiger charge is -2.07. The number of halogens is 4. The number of H-pyrrole nitrogens is 2. The highest BCUT2D eigenvalue weighted by molar-refractivity contribution is 7.71. The van der Waals surface area contributed by atoms with Gasteiger partial charge in [-0.1, -0.05) is 0 Å². The van der Waals surface area contributed by atoms with Crippen molar-refractivity contribution in [1.29, 1.82) is 0 Å². The van der Waals surface area contributed by atoms with Crippen molar-refractivity contribution in [2.75, 3.05) is 0 Å². The van der Waals surface area contributed by atoms with E-state index in [9.17, 15) is 17.6 Å². The van der Waals surface area contributed by atoms with Crippen molar-refractivity contribution in [1.82, 2.24) is 9.97 Å². The third kappa shape index (κ3) is 1.74. The number of fused-ring (bicyclic) bond motifs is 1. The minimum absolute atomic E-state index is 0.133. The van der Waals surface area contributed by atoms with Gasteiger partial charge < -0.3 is 9.97 Å². The van der Waals surface area contributed by atoms with Crippen LogP contribution in [0.3, 0.4) is 0 Å². The fourth-order valence-corrected chi connectivity index (χ4v) is 1.49. The van der Waals surface area contributed by atoms with Gasteiger partial charge in [-0.3, -0.25) is 0 Å². The summed E-state index contributed by atoms with van der Waals surface area (Å²) in [5.74, 6) is -1.32. The predicted octanol–water partition coefficient (Wildman–Crippen LogP) is 3.38. The Labute approximate surface area is 85.9 Å². The molecule has 7 heteroatoms. The molecule has 2 N–H and O–H groups in total. The average Bonchev–Trinajstić information content (AvgIpc) is 2.40. The van der Waals surface area contributed by atoms with Gasteiger partial charge in [-0.25, -0.2) is 4.39 Å². The maximum atomic E-state index is 13.0. The molecular formula is C8H4F4N2S. The molecule has 2 nitrogen and oxygen atoms in total. The quantitative estimate of drug-likeness (QED) is 0.533. The molecular weight excluding hydrogens is 232 g/mol. The number of benzene rings is 1. The molecule has 0 bridgehead atoms. The highest BCUT2D eigenvalue weighted by Crippen LogP contribution is 2.33. The van der Waals surface area contributed by atoms with E-state index in [0.29, 0.717) is 6.07 Å². The lowest BCUT2D eigenvalue weighted by Crippen LogP contribution is -2.07. The van der Waals surface area contributed by atoms with E-state index in [1.54, 1.807) is 0 Å². The van der Waals surface area contributed by atoms with E-state index in [4.69, 9.17) is 0 Å². The molecule has 0 aliphatic heterocycles. The van der Waals surface area contributed by atoms with E-state index in [-0.39, 0.29) is 15.8 Å². The number of rotatable bonds is 0. The average molecular weight is 236 g/mol. The molecule has 80 valence electrons. The smallest absolute Gasteiger partial charge is 0.331 e. The summed E-state index contributed by atoms with van der Waals surface area (Å²) in [4.78, 5) is 5.02. The summed E-state index contributed by atoms with van der Waals surface area (Å²) in [6, 6.07) is 1.46. The van der Waals surface area contributed by atoms with E-state index in [2.05, 4.69) is 22.2 Å². The van der Waals surface area contributed by atoms with Gasteiger partial charge in [0.15, 0.2) is 4.77 Å². The number of nitrogens with one attached hydrogen (secondary N) is 2. The number of aromatic nitrogens is 2. The molecule has 15 heavy (non-hydrogen) atoms. The second-order valence-electron chi connectivity index (χ2n) is 2.95. The van der Waals surface area contributed by atoms with Crippen LogP contribution in [0.2, 0.25) is 0 Å². The predicted molar refractivity (Wildman–Crippen MR) is 48.4 cm³/mol. The summed E-state index contributed by atoms with van der Waals surface area (Å²) in [7, 11) is 0. The first-order valence-corrected chi connectivity index (χ1v) is 4.27. The van der Waals surface area contributed by atoms with Crippen LogP contribution in [0.4, 0.5) is 17.6 Å². The van der Waals surface area contributed by atoms with E-state index in [1.807, 2.05) is 0 Å². The molecule has 2 rings (SSSR count). The lowest BCUT2D eigenvalue weighted by atomic mass is 10.2. The van der Waals surface area contributed by atoms with Crippen molar-refractivity contribution in [3.63, 3.8) is 0 Å². The van der Waals surface area contributed by atoms with E-state index >= 15 is 0 Å². The van der Waals surface area contributed by atoms with Gasteiger partial charge in [0.05, 0.1) is 16.6 Å². The van der Waals surface area contributed by atoms with E-state index in [1.165, 1.54) is 0 Å². The maximum Gasteiger partial charge on any atom is 0.419 e. The van der Waals surface area contributed by atoms with Crippen LogP contribution in [0.25, 0.3) is 11.0 Å². The zero-order chi connectivity index (χ0) is 11.2. The topological polar surface area (TPSA) is 31.6 Å². The van der Waals surface area contributed by atoms with E-state index in [0.717, 1.165) is 6.07 Å². The number of alkyl halides is 3. The standard InChI is InChI=1S/C8H4F4N2S/c9-4-2-6-5(13-7(15)14-6)1-3(4)8(10,11)12/h1-2H,(H2,13,14,15). The van der Waals surface area contributed by atoms with Crippen LogP contribution in [-0.4, -0.2) is 9.97 Å². The Morgan fingerprint density at radius 2 is 1.60 bits per heavy atom. The molecule has 0 radical (unpaired) electrons. The van der Waals surface area contributed by atoms with Crippen LogP contribution in [0.15, 0.2) is 12.1 Å². The summed E-state index contributed by atoms with van der Waals surface area (Å²) < 4.78 is 50.1. The highest BCUT2D eigenvalue weighted by Gasteiger charge is 2.34. The van der Waals surface area contributed by atoms with Crippen molar-refractivity contribution in [3.8, 4) is 0 Å². The fraction of sp³-hybridized carbons (Fsp3) is 0.125. The molecule has 1 aromatic heterocycles. The van der Waals surface area contributed by atoms with Crippen molar-refractivity contribution >= 4 is 23.3 Å². The zero-order valence-electron chi connectivity index (χ0n) is 7.07. The largest absolute Gasteiger partial charge is 0.419 e. The van der Waals surface area contributed by atoms with Crippen LogP contribution in [0, 0.1) is 10.6 Å². The first-order valence-electron chi connectivity index (χ1n) is 3.86. The van der Waals surface area contributed by atoms with E-state index < -0.39 is 17.6 Å². The van der Waals surface area contributed by atoms with Gasteiger partial charge >= 0.3 is 6.18 Å². The van der Waals surface area contributed by atoms with Crippen LogP contribution in [-0.2, 0) is 6.18 Å². The first-order chi connectivity index (χ1) is 6.88. The van der Waals surface area contributed by atoms with Gasteiger partial charge in [-0.2, -0.15) is 13.2 Å². The Balaban J connectivity index is 2.77. The van der Waals surface area contributed by atoms with Crippen LogP contribution in [0.1, 0.15) is 5.56 Å². The Morgan fingerprint density at radius 1 is 1.07 bits per heavy atom. The van der Waals surface area contributed by atoms with Crippen molar-refractivity contribution in [2.24, 2.45) is 0 Å². The van der Waals surface area contributed by atoms with Crippen molar-refractivity contribution < 1.29 is 17.6 Å². The van der Waals surface area contributed by atoms with Crippen molar-refractivity contribution in [3.05, 3.63) is 28.3 Å². The third-order valence-corrected chi connectivity index (χ3v) is 2.11. The Morgan fingerprint density at radius 3 is 2.13 bits per heavy atom. The van der Waals surface area contributed by atoms with Crippen LogP contribution in [0.5, 0.6) is 0 Å². The SMILES string of the molecule is Fc1cc2[nH]c(=S)[nH]c2cc1C(F)(F)F. The molecule has 0 unspecified atom stereocenters. The zero-order valence-corrected chi connectivity index (χ0v) is 7.89. The molecule has 2 aromatic rings. The van der Waals surface area contributed by atoms with Gasteiger partial charge in [0.2, 0.25) is 0 Å². The molecule has 1 heterocycles. The lowest BCUT2D eigenvalue weighted by molar-refractivity contribution is -0.139. The Kier molecular flexibility index (Phi) is 2.07. The summed E-state index contributed by atoms with van der Waals surface area (Å²) >= 11 is 4.68. The van der Waals surface area contributed by atoms with Gasteiger partial charge in [-0.15, -0.1) is 0 Å². The second kappa shape index (κ2) is 3.06. The maximum absolute atomic E-state index is 13.0.